The topological polar surface area (TPSA) is 63.8 Å². The summed E-state index contributed by atoms with van der Waals surface area (Å²) in [5, 5.41) is 7.57. The highest BCUT2D eigenvalue weighted by atomic mass is 16.5. The molecule has 1 fully saturated rings. The predicted molar refractivity (Wildman–Crippen MR) is 80.9 cm³/mol. The fourth-order valence-corrected chi connectivity index (χ4v) is 2.89. The van der Waals surface area contributed by atoms with Gasteiger partial charge in [-0.15, -0.1) is 0 Å². The lowest BCUT2D eigenvalue weighted by Crippen LogP contribution is -2.40. The fourth-order valence-electron chi connectivity index (χ4n) is 2.89. The van der Waals surface area contributed by atoms with Crippen LogP contribution < -0.4 is 5.32 Å². The van der Waals surface area contributed by atoms with Crippen LogP contribution >= 0.6 is 0 Å². The maximum absolute atomic E-state index is 5.55. The smallest absolute Gasteiger partial charge is 0.232 e. The summed E-state index contributed by atoms with van der Waals surface area (Å²) in [5.74, 6) is 1.80. The molecular weight excluding hydrogens is 264 g/mol. The Morgan fingerprint density at radius 3 is 2.95 bits per heavy atom. The molecule has 5 heteroatoms. The van der Waals surface area contributed by atoms with Crippen LogP contribution in [-0.4, -0.2) is 28.2 Å². The van der Waals surface area contributed by atoms with Crippen LogP contribution in [-0.2, 0) is 5.41 Å². The largest absolute Gasteiger partial charge is 0.338 e. The molecule has 1 aliphatic heterocycles. The molecule has 0 bridgehead atoms. The van der Waals surface area contributed by atoms with Crippen molar-refractivity contribution >= 4 is 0 Å². The van der Waals surface area contributed by atoms with E-state index in [0.29, 0.717) is 17.6 Å². The molecule has 21 heavy (non-hydrogen) atoms. The van der Waals surface area contributed by atoms with Gasteiger partial charge in [0.2, 0.25) is 11.7 Å². The van der Waals surface area contributed by atoms with Crippen molar-refractivity contribution in [2.24, 2.45) is 5.92 Å². The molecule has 0 amide bonds. The lowest BCUT2D eigenvalue weighted by molar-refractivity contribution is 0.196. The second kappa shape index (κ2) is 5.56. The lowest BCUT2D eigenvalue weighted by atomic mass is 9.75. The average molecular weight is 286 g/mol. The summed E-state index contributed by atoms with van der Waals surface area (Å²) in [7, 11) is 0. The molecule has 1 unspecified atom stereocenters. The molecule has 1 atom stereocenters. The molecule has 5 nitrogen and oxygen atoms in total. The minimum Gasteiger partial charge on any atom is -0.338 e. The van der Waals surface area contributed by atoms with E-state index in [0.717, 1.165) is 24.3 Å². The first-order chi connectivity index (χ1) is 10.1. The minimum atomic E-state index is -0.123. The molecule has 2 aromatic heterocycles. The van der Waals surface area contributed by atoms with Crippen LogP contribution in [0.1, 0.15) is 38.1 Å². The number of nitrogens with one attached hydrogen (secondary N) is 1. The van der Waals surface area contributed by atoms with Crippen molar-refractivity contribution in [1.82, 2.24) is 20.4 Å². The van der Waals surface area contributed by atoms with E-state index in [2.05, 4.69) is 34.3 Å². The summed E-state index contributed by atoms with van der Waals surface area (Å²) in [6.45, 7) is 8.52. The van der Waals surface area contributed by atoms with E-state index in [1.807, 2.05) is 19.1 Å². The van der Waals surface area contributed by atoms with Crippen molar-refractivity contribution in [2.75, 3.05) is 13.1 Å². The lowest BCUT2D eigenvalue weighted by Gasteiger charge is -2.34. The summed E-state index contributed by atoms with van der Waals surface area (Å²) >= 11 is 0. The fraction of sp³-hybridized carbons (Fsp3) is 0.562. The van der Waals surface area contributed by atoms with Gasteiger partial charge in [-0.05, 0) is 56.5 Å². The van der Waals surface area contributed by atoms with Gasteiger partial charge in [-0.2, -0.15) is 4.98 Å². The van der Waals surface area contributed by atoms with Gasteiger partial charge < -0.3 is 9.84 Å². The second-order valence-electron chi connectivity index (χ2n) is 6.41. The van der Waals surface area contributed by atoms with Crippen LogP contribution in [0.2, 0.25) is 0 Å². The van der Waals surface area contributed by atoms with E-state index in [-0.39, 0.29) is 5.41 Å². The van der Waals surface area contributed by atoms with Crippen LogP contribution in [0.15, 0.2) is 22.9 Å². The number of hydrogen-bond donors (Lipinski definition) is 1. The highest BCUT2D eigenvalue weighted by Crippen LogP contribution is 2.35. The van der Waals surface area contributed by atoms with Gasteiger partial charge in [-0.3, -0.25) is 4.98 Å². The maximum Gasteiger partial charge on any atom is 0.232 e. The summed E-state index contributed by atoms with van der Waals surface area (Å²) in [4.78, 5) is 8.92. The Morgan fingerprint density at radius 1 is 1.38 bits per heavy atom. The third-order valence-corrected chi connectivity index (χ3v) is 4.44. The number of hydrogen-bond acceptors (Lipinski definition) is 5. The Hall–Kier alpha value is -1.75. The molecular formula is C16H22N4O. The normalized spacial score (nSPS) is 19.7. The summed E-state index contributed by atoms with van der Waals surface area (Å²) in [5.41, 5.74) is 1.78. The number of rotatable bonds is 3. The van der Waals surface area contributed by atoms with Gasteiger partial charge in [0.25, 0.3) is 0 Å². The van der Waals surface area contributed by atoms with Gasteiger partial charge >= 0.3 is 0 Å². The summed E-state index contributed by atoms with van der Waals surface area (Å²) in [6, 6.07) is 3.94. The molecule has 0 spiro atoms. The first kappa shape index (κ1) is 14.2. The maximum atomic E-state index is 5.55. The SMILES string of the molecule is Cc1ccnc(-c2noc(C(C)(C)C3CCCNC3)n2)c1. The number of nitrogens with zero attached hydrogens (tertiary/aromatic N) is 3. The number of aromatic nitrogens is 3. The highest BCUT2D eigenvalue weighted by molar-refractivity contribution is 5.49. The van der Waals surface area contributed by atoms with Gasteiger partial charge in [0.15, 0.2) is 0 Å². The minimum absolute atomic E-state index is 0.123. The molecule has 0 aromatic carbocycles. The molecule has 1 aliphatic rings. The van der Waals surface area contributed by atoms with Crippen molar-refractivity contribution in [2.45, 2.75) is 39.0 Å². The van der Waals surface area contributed by atoms with Gasteiger partial charge in [0.1, 0.15) is 5.69 Å². The second-order valence-corrected chi connectivity index (χ2v) is 6.41. The van der Waals surface area contributed by atoms with E-state index in [4.69, 9.17) is 4.52 Å². The Balaban J connectivity index is 1.86. The van der Waals surface area contributed by atoms with Crippen molar-refractivity contribution in [1.29, 1.82) is 0 Å². The van der Waals surface area contributed by atoms with Crippen molar-refractivity contribution in [3.63, 3.8) is 0 Å². The van der Waals surface area contributed by atoms with Crippen LogP contribution in [0, 0.1) is 12.8 Å². The zero-order valence-electron chi connectivity index (χ0n) is 12.9. The number of pyridine rings is 1. The van der Waals surface area contributed by atoms with E-state index in [1.165, 1.54) is 12.8 Å². The van der Waals surface area contributed by atoms with Crippen LogP contribution in [0.5, 0.6) is 0 Å². The summed E-state index contributed by atoms with van der Waals surface area (Å²) < 4.78 is 5.55. The standard InChI is InChI=1S/C16H22N4O/c1-11-6-8-18-13(9-11)14-19-15(21-20-14)16(2,3)12-5-4-7-17-10-12/h6,8-9,12,17H,4-5,7,10H2,1-3H3. The van der Waals surface area contributed by atoms with E-state index in [1.54, 1.807) is 6.20 Å². The molecule has 0 saturated carbocycles. The first-order valence-electron chi connectivity index (χ1n) is 7.55. The highest BCUT2D eigenvalue weighted by Gasteiger charge is 2.37. The van der Waals surface area contributed by atoms with Gasteiger partial charge in [-0.1, -0.05) is 19.0 Å². The van der Waals surface area contributed by atoms with E-state index < -0.39 is 0 Å². The van der Waals surface area contributed by atoms with Crippen molar-refractivity contribution < 1.29 is 4.52 Å². The Kier molecular flexibility index (Phi) is 3.76. The summed E-state index contributed by atoms with van der Waals surface area (Å²) in [6.07, 6.45) is 4.17. The Labute approximate surface area is 125 Å². The van der Waals surface area contributed by atoms with Crippen LogP contribution in [0.4, 0.5) is 0 Å². The molecule has 3 rings (SSSR count). The van der Waals surface area contributed by atoms with Crippen molar-refractivity contribution in [3.8, 4) is 11.5 Å². The Bertz CT molecular complexity index is 614. The molecule has 1 N–H and O–H groups in total. The van der Waals surface area contributed by atoms with E-state index in [9.17, 15) is 0 Å². The van der Waals surface area contributed by atoms with Crippen LogP contribution in [0.3, 0.4) is 0 Å². The van der Waals surface area contributed by atoms with Crippen molar-refractivity contribution in [3.05, 3.63) is 29.8 Å². The molecule has 2 aromatic rings. The molecule has 0 aliphatic carbocycles. The molecule has 112 valence electrons. The van der Waals surface area contributed by atoms with Crippen LogP contribution in [0.25, 0.3) is 11.5 Å². The molecule has 1 saturated heterocycles. The number of piperidine rings is 1. The first-order valence-corrected chi connectivity index (χ1v) is 7.55. The van der Waals surface area contributed by atoms with Gasteiger partial charge in [0.05, 0.1) is 0 Å². The Morgan fingerprint density at radius 2 is 2.24 bits per heavy atom. The van der Waals surface area contributed by atoms with E-state index >= 15 is 0 Å². The third kappa shape index (κ3) is 2.83. The predicted octanol–water partition coefficient (Wildman–Crippen LogP) is 2.72. The quantitative estimate of drug-likeness (QED) is 0.940. The average Bonchev–Trinajstić information content (AvgIpc) is 2.99. The molecule has 3 heterocycles. The monoisotopic (exact) mass is 286 g/mol. The number of aryl methyl sites for hydroxylation is 1. The zero-order valence-corrected chi connectivity index (χ0v) is 12.9. The third-order valence-electron chi connectivity index (χ3n) is 4.44. The zero-order chi connectivity index (χ0) is 14.9. The van der Waals surface area contributed by atoms with Gasteiger partial charge in [-0.25, -0.2) is 0 Å². The molecule has 0 radical (unpaired) electrons. The van der Waals surface area contributed by atoms with Gasteiger partial charge in [0, 0.05) is 11.6 Å².